The van der Waals surface area contributed by atoms with Gasteiger partial charge in [-0.15, -0.1) is 0 Å². The van der Waals surface area contributed by atoms with Crippen LogP contribution in [0.1, 0.15) is 31.9 Å². The van der Waals surface area contributed by atoms with Crippen LogP contribution in [-0.4, -0.2) is 25.1 Å². The maximum absolute atomic E-state index is 11.8. The van der Waals surface area contributed by atoms with Crippen molar-refractivity contribution in [1.82, 2.24) is 10.6 Å². The predicted molar refractivity (Wildman–Crippen MR) is 80.6 cm³/mol. The molecule has 1 aliphatic heterocycles. The third-order valence-electron chi connectivity index (χ3n) is 3.26. The number of hydrogen-bond donors (Lipinski definition) is 2. The van der Waals surface area contributed by atoms with Gasteiger partial charge in [-0.25, -0.2) is 0 Å². The minimum absolute atomic E-state index is 0.00700. The van der Waals surface area contributed by atoms with Crippen molar-refractivity contribution in [2.75, 3.05) is 13.2 Å². The van der Waals surface area contributed by atoms with E-state index in [0.29, 0.717) is 28.9 Å². The van der Waals surface area contributed by atoms with E-state index in [1.807, 2.05) is 19.9 Å². The molecule has 2 atom stereocenters. The normalized spacial score (nSPS) is 18.9. The lowest BCUT2D eigenvalue weighted by molar-refractivity contribution is -0.122. The first-order valence-corrected chi connectivity index (χ1v) is 7.44. The van der Waals surface area contributed by atoms with Crippen molar-refractivity contribution < 1.29 is 9.53 Å². The molecule has 1 aromatic rings. The number of amides is 1. The minimum atomic E-state index is -0.288. The van der Waals surface area contributed by atoms with Crippen LogP contribution in [0, 0.1) is 0 Å². The van der Waals surface area contributed by atoms with Crippen molar-refractivity contribution >= 4 is 29.1 Å². The van der Waals surface area contributed by atoms with Crippen LogP contribution in [0.5, 0.6) is 5.75 Å². The van der Waals surface area contributed by atoms with E-state index in [4.69, 9.17) is 27.9 Å². The Balaban J connectivity index is 2.18. The molecule has 1 aliphatic rings. The second-order valence-electron chi connectivity index (χ2n) is 4.78. The van der Waals surface area contributed by atoms with Gasteiger partial charge in [-0.3, -0.25) is 10.1 Å². The van der Waals surface area contributed by atoms with E-state index in [1.165, 1.54) is 0 Å². The number of carbonyl (C=O) groups is 1. The number of fused-ring (bicyclic) bond motifs is 1. The fraction of sp³-hybridized carbons (Fsp3) is 0.500. The van der Waals surface area contributed by atoms with E-state index in [9.17, 15) is 4.79 Å². The van der Waals surface area contributed by atoms with E-state index >= 15 is 0 Å². The van der Waals surface area contributed by atoms with E-state index in [2.05, 4.69) is 10.6 Å². The van der Waals surface area contributed by atoms with Crippen LogP contribution >= 0.6 is 23.2 Å². The summed E-state index contributed by atoms with van der Waals surface area (Å²) in [6, 6.07) is 3.22. The number of ether oxygens (including phenoxy) is 1. The van der Waals surface area contributed by atoms with Crippen molar-refractivity contribution in [3.05, 3.63) is 27.7 Å². The maximum atomic E-state index is 11.8. The van der Waals surface area contributed by atoms with Crippen LogP contribution in [0.25, 0.3) is 0 Å². The Labute approximate surface area is 128 Å². The third-order valence-corrected chi connectivity index (χ3v) is 3.76. The minimum Gasteiger partial charge on any atom is -0.492 e. The molecular formula is C14H18Cl2N2O2. The van der Waals surface area contributed by atoms with E-state index < -0.39 is 0 Å². The molecule has 1 aromatic carbocycles. The van der Waals surface area contributed by atoms with Gasteiger partial charge in [-0.2, -0.15) is 0 Å². The Morgan fingerprint density at radius 1 is 1.50 bits per heavy atom. The Hall–Kier alpha value is -0.970. The summed E-state index contributed by atoms with van der Waals surface area (Å²) in [5.74, 6) is 0.636. The fourth-order valence-electron chi connectivity index (χ4n) is 2.30. The van der Waals surface area contributed by atoms with Crippen molar-refractivity contribution in [3.63, 3.8) is 0 Å². The van der Waals surface area contributed by atoms with Gasteiger partial charge in [-0.1, -0.05) is 23.2 Å². The number of nitrogens with one attached hydrogen (secondary N) is 2. The first kappa shape index (κ1) is 15.4. The Morgan fingerprint density at radius 2 is 2.25 bits per heavy atom. The van der Waals surface area contributed by atoms with Gasteiger partial charge in [-0.05, 0) is 26.0 Å². The molecule has 0 fully saturated rings. The summed E-state index contributed by atoms with van der Waals surface area (Å²) in [5, 5.41) is 7.17. The van der Waals surface area contributed by atoms with Crippen molar-refractivity contribution in [2.45, 2.75) is 32.4 Å². The highest BCUT2D eigenvalue weighted by Crippen LogP contribution is 2.40. The van der Waals surface area contributed by atoms with E-state index in [0.717, 1.165) is 12.0 Å². The van der Waals surface area contributed by atoms with Crippen LogP contribution in [-0.2, 0) is 4.79 Å². The number of hydrogen-bond acceptors (Lipinski definition) is 3. The number of rotatable bonds is 4. The molecule has 1 heterocycles. The lowest BCUT2D eigenvalue weighted by Crippen LogP contribution is -2.44. The highest BCUT2D eigenvalue weighted by Gasteiger charge is 2.26. The number of likely N-dealkylation sites (N-methyl/N-ethyl adjacent to an activating group) is 1. The van der Waals surface area contributed by atoms with Gasteiger partial charge in [0.1, 0.15) is 5.75 Å². The number of benzene rings is 1. The molecule has 0 bridgehead atoms. The molecule has 0 saturated heterocycles. The van der Waals surface area contributed by atoms with Crippen LogP contribution in [0.2, 0.25) is 10.0 Å². The molecule has 2 N–H and O–H groups in total. The van der Waals surface area contributed by atoms with E-state index in [1.54, 1.807) is 6.07 Å². The molecular weight excluding hydrogens is 299 g/mol. The van der Waals surface area contributed by atoms with Gasteiger partial charge >= 0.3 is 0 Å². The fourth-order valence-corrected chi connectivity index (χ4v) is 2.87. The Bertz CT molecular complexity index is 508. The molecule has 0 radical (unpaired) electrons. The molecule has 2 unspecified atom stereocenters. The Morgan fingerprint density at radius 3 is 2.95 bits per heavy atom. The lowest BCUT2D eigenvalue weighted by atomic mass is 9.99. The summed E-state index contributed by atoms with van der Waals surface area (Å²) in [7, 11) is 0. The average Bonchev–Trinajstić information content (AvgIpc) is 2.39. The molecule has 6 heteroatoms. The zero-order valence-electron chi connectivity index (χ0n) is 11.5. The Kier molecular flexibility index (Phi) is 5.13. The van der Waals surface area contributed by atoms with Gasteiger partial charge in [0.15, 0.2) is 0 Å². The summed E-state index contributed by atoms with van der Waals surface area (Å²) in [6.07, 6.45) is 0.771. The predicted octanol–water partition coefficient (Wildman–Crippen LogP) is 2.93. The molecule has 1 amide bonds. The van der Waals surface area contributed by atoms with Crippen LogP contribution in [0.3, 0.4) is 0 Å². The first-order valence-electron chi connectivity index (χ1n) is 6.68. The van der Waals surface area contributed by atoms with Gasteiger partial charge in [0.25, 0.3) is 0 Å². The molecule has 110 valence electrons. The second-order valence-corrected chi connectivity index (χ2v) is 5.62. The summed E-state index contributed by atoms with van der Waals surface area (Å²) in [6.45, 7) is 4.92. The standard InChI is InChI=1S/C14H18Cl2N2O2/c1-3-17-14(19)8(2)18-12-4-5-20-13-10(12)6-9(15)7-11(13)16/h6-8,12,18H,3-5H2,1-2H3,(H,17,19). The van der Waals surface area contributed by atoms with Crippen molar-refractivity contribution in [1.29, 1.82) is 0 Å². The topological polar surface area (TPSA) is 50.4 Å². The highest BCUT2D eigenvalue weighted by atomic mass is 35.5. The number of carbonyl (C=O) groups excluding carboxylic acids is 1. The van der Waals surface area contributed by atoms with Crippen molar-refractivity contribution in [3.8, 4) is 5.75 Å². The quantitative estimate of drug-likeness (QED) is 0.898. The SMILES string of the molecule is CCNC(=O)C(C)NC1CCOc2c(Cl)cc(Cl)cc21. The summed E-state index contributed by atoms with van der Waals surface area (Å²) < 4.78 is 5.60. The molecule has 0 saturated carbocycles. The van der Waals surface area contributed by atoms with Gasteiger partial charge in [0.2, 0.25) is 5.91 Å². The maximum Gasteiger partial charge on any atom is 0.236 e. The summed E-state index contributed by atoms with van der Waals surface area (Å²) in [5.41, 5.74) is 0.907. The molecule has 20 heavy (non-hydrogen) atoms. The van der Waals surface area contributed by atoms with Gasteiger partial charge in [0.05, 0.1) is 17.7 Å². The second kappa shape index (κ2) is 6.66. The number of halogens is 2. The smallest absolute Gasteiger partial charge is 0.236 e. The molecule has 4 nitrogen and oxygen atoms in total. The zero-order valence-corrected chi connectivity index (χ0v) is 13.0. The molecule has 2 rings (SSSR count). The molecule has 0 aromatic heterocycles. The van der Waals surface area contributed by atoms with Crippen LogP contribution in [0.4, 0.5) is 0 Å². The lowest BCUT2D eigenvalue weighted by Gasteiger charge is -2.29. The van der Waals surface area contributed by atoms with Gasteiger partial charge < -0.3 is 10.1 Å². The molecule has 0 aliphatic carbocycles. The largest absolute Gasteiger partial charge is 0.492 e. The third kappa shape index (κ3) is 3.37. The van der Waals surface area contributed by atoms with Gasteiger partial charge in [0, 0.05) is 29.6 Å². The summed E-state index contributed by atoms with van der Waals surface area (Å²) >= 11 is 12.2. The van der Waals surface area contributed by atoms with E-state index in [-0.39, 0.29) is 18.0 Å². The van der Waals surface area contributed by atoms with Crippen molar-refractivity contribution in [2.24, 2.45) is 0 Å². The monoisotopic (exact) mass is 316 g/mol. The zero-order chi connectivity index (χ0) is 14.7. The summed E-state index contributed by atoms with van der Waals surface area (Å²) in [4.78, 5) is 11.8. The highest BCUT2D eigenvalue weighted by molar-refractivity contribution is 6.35. The van der Waals surface area contributed by atoms with Crippen LogP contribution in [0.15, 0.2) is 12.1 Å². The average molecular weight is 317 g/mol. The van der Waals surface area contributed by atoms with Crippen LogP contribution < -0.4 is 15.4 Å². The first-order chi connectivity index (χ1) is 9.52. The molecule has 0 spiro atoms.